The van der Waals surface area contributed by atoms with Crippen LogP contribution in [-0.2, 0) is 6.54 Å². The fourth-order valence-electron chi connectivity index (χ4n) is 2.07. The molecule has 0 bridgehead atoms. The zero-order valence-corrected chi connectivity index (χ0v) is 13.7. The van der Waals surface area contributed by atoms with E-state index in [0.717, 1.165) is 29.8 Å². The first-order valence-corrected chi connectivity index (χ1v) is 7.66. The minimum Gasteiger partial charge on any atom is -0.384 e. The molecule has 0 radical (unpaired) electrons. The highest BCUT2D eigenvalue weighted by atomic mass is 79.9. The maximum absolute atomic E-state index is 3.48. The molecule has 2 nitrogen and oxygen atoms in total. The van der Waals surface area contributed by atoms with Crippen LogP contribution in [-0.4, -0.2) is 25.0 Å². The monoisotopic (exact) mass is 332 g/mol. The van der Waals surface area contributed by atoms with Gasteiger partial charge in [-0.1, -0.05) is 51.8 Å². The van der Waals surface area contributed by atoms with E-state index in [2.05, 4.69) is 76.5 Å². The molecule has 0 aliphatic rings. The van der Waals surface area contributed by atoms with E-state index in [1.54, 1.807) is 0 Å². The normalized spacial score (nSPS) is 10.8. The van der Waals surface area contributed by atoms with E-state index >= 15 is 0 Å². The number of rotatable bonds is 6. The number of anilines is 1. The molecule has 0 heterocycles. The molecule has 0 amide bonds. The molecule has 2 aromatic carbocycles. The molecule has 2 rings (SSSR count). The molecule has 0 aliphatic heterocycles. The van der Waals surface area contributed by atoms with Crippen molar-refractivity contribution in [2.45, 2.75) is 13.5 Å². The number of nitrogens with zero attached hydrogens (tertiary/aromatic N) is 1. The van der Waals surface area contributed by atoms with Crippen molar-refractivity contribution in [2.24, 2.45) is 0 Å². The Morgan fingerprint density at radius 1 is 1.10 bits per heavy atom. The largest absolute Gasteiger partial charge is 0.384 e. The highest BCUT2D eigenvalue weighted by molar-refractivity contribution is 9.10. The van der Waals surface area contributed by atoms with Gasteiger partial charge in [0.15, 0.2) is 0 Å². The minimum absolute atomic E-state index is 0.943. The van der Waals surface area contributed by atoms with Gasteiger partial charge in [-0.25, -0.2) is 0 Å². The van der Waals surface area contributed by atoms with Crippen LogP contribution in [0, 0.1) is 6.92 Å². The summed E-state index contributed by atoms with van der Waals surface area (Å²) in [7, 11) is 2.16. The lowest BCUT2D eigenvalue weighted by atomic mass is 10.1. The number of halogens is 1. The van der Waals surface area contributed by atoms with E-state index in [1.807, 2.05) is 12.1 Å². The van der Waals surface area contributed by atoms with Crippen molar-refractivity contribution < 1.29 is 0 Å². The first-order chi connectivity index (χ1) is 9.63. The van der Waals surface area contributed by atoms with Crippen LogP contribution in [0.25, 0.3) is 0 Å². The molecule has 0 spiro atoms. The number of aryl methyl sites for hydroxylation is 1. The van der Waals surface area contributed by atoms with Crippen LogP contribution < -0.4 is 5.32 Å². The summed E-state index contributed by atoms with van der Waals surface area (Å²) in [6.45, 7) is 5.06. The Balaban J connectivity index is 1.75. The van der Waals surface area contributed by atoms with Crippen molar-refractivity contribution in [3.63, 3.8) is 0 Å². The average molecular weight is 333 g/mol. The highest BCUT2D eigenvalue weighted by Gasteiger charge is 2.00. The quantitative estimate of drug-likeness (QED) is 0.848. The van der Waals surface area contributed by atoms with Crippen LogP contribution in [0.15, 0.2) is 53.0 Å². The molecule has 0 saturated heterocycles. The van der Waals surface area contributed by atoms with Gasteiger partial charge in [-0.3, -0.25) is 0 Å². The molecule has 3 heteroatoms. The molecule has 1 N–H and O–H groups in total. The summed E-state index contributed by atoms with van der Waals surface area (Å²) in [6.07, 6.45) is 0. The van der Waals surface area contributed by atoms with Crippen LogP contribution in [0.1, 0.15) is 11.1 Å². The predicted octanol–water partition coefficient (Wildman–Crippen LogP) is 4.30. The fraction of sp³-hybridized carbons (Fsp3) is 0.294. The van der Waals surface area contributed by atoms with Gasteiger partial charge in [0.1, 0.15) is 0 Å². The molecule has 0 aromatic heterocycles. The van der Waals surface area contributed by atoms with Crippen LogP contribution in [0.3, 0.4) is 0 Å². The summed E-state index contributed by atoms with van der Waals surface area (Å²) in [6, 6.07) is 17.0. The fourth-order valence-corrected chi connectivity index (χ4v) is 2.47. The summed E-state index contributed by atoms with van der Waals surface area (Å²) in [5.41, 5.74) is 3.83. The zero-order valence-electron chi connectivity index (χ0n) is 12.1. The SMILES string of the molecule is Cc1ccc(CN(C)CCNc2cccc(Br)c2)cc1. The van der Waals surface area contributed by atoms with Crippen molar-refractivity contribution >= 4 is 21.6 Å². The van der Waals surface area contributed by atoms with Gasteiger partial charge in [0.2, 0.25) is 0 Å². The second-order valence-corrected chi connectivity index (χ2v) is 6.08. The first-order valence-electron chi connectivity index (χ1n) is 6.87. The number of nitrogens with one attached hydrogen (secondary N) is 1. The molecule has 0 fully saturated rings. The maximum Gasteiger partial charge on any atom is 0.0351 e. The Morgan fingerprint density at radius 3 is 2.55 bits per heavy atom. The van der Waals surface area contributed by atoms with E-state index < -0.39 is 0 Å². The predicted molar refractivity (Wildman–Crippen MR) is 90.1 cm³/mol. The summed E-state index contributed by atoms with van der Waals surface area (Å²) >= 11 is 3.48. The van der Waals surface area contributed by atoms with E-state index in [4.69, 9.17) is 0 Å². The van der Waals surface area contributed by atoms with Crippen molar-refractivity contribution in [3.05, 3.63) is 64.1 Å². The van der Waals surface area contributed by atoms with E-state index in [9.17, 15) is 0 Å². The summed E-state index contributed by atoms with van der Waals surface area (Å²) in [5.74, 6) is 0. The van der Waals surface area contributed by atoms with Gasteiger partial charge < -0.3 is 10.2 Å². The molecule has 0 aliphatic carbocycles. The van der Waals surface area contributed by atoms with E-state index in [-0.39, 0.29) is 0 Å². The van der Waals surface area contributed by atoms with Gasteiger partial charge in [0.05, 0.1) is 0 Å². The summed E-state index contributed by atoms with van der Waals surface area (Å²) in [5, 5.41) is 3.44. The smallest absolute Gasteiger partial charge is 0.0351 e. The van der Waals surface area contributed by atoms with Crippen LogP contribution in [0.5, 0.6) is 0 Å². The Labute approximate surface area is 129 Å². The van der Waals surface area contributed by atoms with Crippen LogP contribution in [0.2, 0.25) is 0 Å². The van der Waals surface area contributed by atoms with E-state index in [1.165, 1.54) is 11.1 Å². The maximum atomic E-state index is 3.48. The molecule has 106 valence electrons. The number of hydrogen-bond acceptors (Lipinski definition) is 2. The van der Waals surface area contributed by atoms with Crippen LogP contribution >= 0.6 is 15.9 Å². The average Bonchev–Trinajstić information content (AvgIpc) is 2.41. The van der Waals surface area contributed by atoms with Crippen molar-refractivity contribution in [1.29, 1.82) is 0 Å². The second kappa shape index (κ2) is 7.46. The summed E-state index contributed by atoms with van der Waals surface area (Å²) < 4.78 is 1.11. The third-order valence-electron chi connectivity index (χ3n) is 3.22. The minimum atomic E-state index is 0.943. The topological polar surface area (TPSA) is 15.3 Å². The molecule has 20 heavy (non-hydrogen) atoms. The van der Waals surface area contributed by atoms with Crippen molar-refractivity contribution in [3.8, 4) is 0 Å². The number of likely N-dealkylation sites (N-methyl/N-ethyl adjacent to an activating group) is 1. The molecule has 2 aromatic rings. The third kappa shape index (κ3) is 4.99. The first kappa shape index (κ1) is 15.1. The lowest BCUT2D eigenvalue weighted by Crippen LogP contribution is -2.24. The van der Waals surface area contributed by atoms with Gasteiger partial charge in [-0.2, -0.15) is 0 Å². The molecule has 0 saturated carbocycles. The lowest BCUT2D eigenvalue weighted by molar-refractivity contribution is 0.340. The number of hydrogen-bond donors (Lipinski definition) is 1. The van der Waals surface area contributed by atoms with Gasteiger partial charge in [-0.15, -0.1) is 0 Å². The molecular weight excluding hydrogens is 312 g/mol. The second-order valence-electron chi connectivity index (χ2n) is 5.16. The number of benzene rings is 2. The van der Waals surface area contributed by atoms with Gasteiger partial charge in [0.25, 0.3) is 0 Å². The molecule has 0 atom stereocenters. The summed E-state index contributed by atoms with van der Waals surface area (Å²) in [4.78, 5) is 2.33. The Hall–Kier alpha value is -1.32. The third-order valence-corrected chi connectivity index (χ3v) is 3.71. The van der Waals surface area contributed by atoms with Gasteiger partial charge >= 0.3 is 0 Å². The van der Waals surface area contributed by atoms with Gasteiger partial charge in [0, 0.05) is 29.8 Å². The Bertz CT molecular complexity index is 537. The standard InChI is InChI=1S/C17H21BrN2/c1-14-6-8-15(9-7-14)13-20(2)11-10-19-17-5-3-4-16(18)12-17/h3-9,12,19H,10-11,13H2,1-2H3. The van der Waals surface area contributed by atoms with E-state index in [0.29, 0.717) is 0 Å². The highest BCUT2D eigenvalue weighted by Crippen LogP contribution is 2.15. The van der Waals surface area contributed by atoms with Crippen molar-refractivity contribution in [1.82, 2.24) is 4.90 Å². The Kier molecular flexibility index (Phi) is 5.62. The van der Waals surface area contributed by atoms with Gasteiger partial charge in [-0.05, 0) is 37.7 Å². The Morgan fingerprint density at radius 2 is 1.85 bits per heavy atom. The molecule has 0 unspecified atom stereocenters. The zero-order chi connectivity index (χ0) is 14.4. The van der Waals surface area contributed by atoms with Crippen LogP contribution in [0.4, 0.5) is 5.69 Å². The van der Waals surface area contributed by atoms with Crippen molar-refractivity contribution in [2.75, 3.05) is 25.5 Å². The molecular formula is C17H21BrN2. The lowest BCUT2D eigenvalue weighted by Gasteiger charge is -2.17.